The van der Waals surface area contributed by atoms with Gasteiger partial charge in [-0.25, -0.2) is 0 Å². The number of hydrogen-bond acceptors (Lipinski definition) is 2. The third-order valence-corrected chi connectivity index (χ3v) is 5.25. The second-order valence-electron chi connectivity index (χ2n) is 8.27. The Morgan fingerprint density at radius 3 is 2.20 bits per heavy atom. The van der Waals surface area contributed by atoms with E-state index in [2.05, 4.69) is 37.9 Å². The molecule has 1 spiro atoms. The number of piperidine rings is 2. The predicted molar refractivity (Wildman–Crippen MR) is 88.0 cm³/mol. The van der Waals surface area contributed by atoms with Gasteiger partial charge in [0.05, 0.1) is 0 Å². The van der Waals surface area contributed by atoms with Crippen molar-refractivity contribution in [2.24, 2.45) is 17.3 Å². The van der Waals surface area contributed by atoms with E-state index < -0.39 is 0 Å². The normalized spacial score (nSPS) is 28.9. The van der Waals surface area contributed by atoms with Gasteiger partial charge >= 0.3 is 0 Å². The first-order valence-electron chi connectivity index (χ1n) is 8.95. The first-order valence-corrected chi connectivity index (χ1v) is 8.95. The first-order chi connectivity index (χ1) is 9.51. The summed E-state index contributed by atoms with van der Waals surface area (Å²) in [6.07, 6.45) is 8.45. The Hall–Kier alpha value is -0.0800. The van der Waals surface area contributed by atoms with Crippen LogP contribution in [0, 0.1) is 17.3 Å². The van der Waals surface area contributed by atoms with E-state index in [1.807, 2.05) is 0 Å². The van der Waals surface area contributed by atoms with Gasteiger partial charge < -0.3 is 5.32 Å². The van der Waals surface area contributed by atoms with Gasteiger partial charge in [-0.2, -0.15) is 0 Å². The number of likely N-dealkylation sites (tertiary alicyclic amines) is 1. The molecule has 2 nitrogen and oxygen atoms in total. The quantitative estimate of drug-likeness (QED) is 0.821. The van der Waals surface area contributed by atoms with Crippen LogP contribution in [0.2, 0.25) is 0 Å². The van der Waals surface area contributed by atoms with Crippen LogP contribution in [-0.4, -0.2) is 37.1 Å². The lowest BCUT2D eigenvalue weighted by atomic mass is 9.73. The van der Waals surface area contributed by atoms with E-state index in [4.69, 9.17) is 0 Å². The van der Waals surface area contributed by atoms with Crippen molar-refractivity contribution >= 4 is 0 Å². The molecule has 0 radical (unpaired) electrons. The number of nitrogens with zero attached hydrogens (tertiary/aromatic N) is 1. The maximum Gasteiger partial charge on any atom is 0.0100 e. The summed E-state index contributed by atoms with van der Waals surface area (Å²) in [5.74, 6) is 1.64. The van der Waals surface area contributed by atoms with Gasteiger partial charge in [-0.1, -0.05) is 27.7 Å². The molecule has 0 aromatic heterocycles. The summed E-state index contributed by atoms with van der Waals surface area (Å²) in [4.78, 5) is 2.86. The van der Waals surface area contributed by atoms with Gasteiger partial charge in [0.25, 0.3) is 0 Å². The fourth-order valence-corrected chi connectivity index (χ4v) is 4.42. The number of hydrogen-bond donors (Lipinski definition) is 1. The highest BCUT2D eigenvalue weighted by atomic mass is 15.2. The lowest BCUT2D eigenvalue weighted by molar-refractivity contribution is 0.0252. The van der Waals surface area contributed by atoms with Crippen LogP contribution in [0.1, 0.15) is 66.2 Å². The van der Waals surface area contributed by atoms with Crippen LogP contribution in [0.25, 0.3) is 0 Å². The molecule has 118 valence electrons. The highest BCUT2D eigenvalue weighted by Gasteiger charge is 2.38. The zero-order valence-corrected chi connectivity index (χ0v) is 14.3. The summed E-state index contributed by atoms with van der Waals surface area (Å²) in [6.45, 7) is 14.7. The molecule has 1 unspecified atom stereocenters. The molecule has 0 saturated carbocycles. The highest BCUT2D eigenvalue weighted by Crippen LogP contribution is 2.37. The number of rotatable bonds is 5. The third-order valence-electron chi connectivity index (χ3n) is 5.25. The van der Waals surface area contributed by atoms with Crippen molar-refractivity contribution in [1.82, 2.24) is 10.2 Å². The molecule has 1 N–H and O–H groups in total. The Kier molecular flexibility index (Phi) is 5.92. The molecule has 0 aliphatic carbocycles. The monoisotopic (exact) mass is 280 g/mol. The first kappa shape index (κ1) is 16.3. The van der Waals surface area contributed by atoms with Crippen LogP contribution in [0.5, 0.6) is 0 Å². The number of nitrogens with one attached hydrogen (secondary N) is 1. The van der Waals surface area contributed by atoms with Crippen LogP contribution >= 0.6 is 0 Å². The van der Waals surface area contributed by atoms with Gasteiger partial charge in [-0.05, 0) is 68.9 Å². The van der Waals surface area contributed by atoms with Crippen molar-refractivity contribution in [3.05, 3.63) is 0 Å². The zero-order chi connectivity index (χ0) is 14.6. The fraction of sp³-hybridized carbons (Fsp3) is 1.00. The van der Waals surface area contributed by atoms with Gasteiger partial charge in [0, 0.05) is 19.1 Å². The van der Waals surface area contributed by atoms with Gasteiger partial charge in [0.15, 0.2) is 0 Å². The minimum atomic E-state index is 0.600. The molecule has 0 amide bonds. The molecule has 0 bridgehead atoms. The molecule has 2 heteroatoms. The molecule has 2 saturated heterocycles. The minimum absolute atomic E-state index is 0.600. The zero-order valence-electron chi connectivity index (χ0n) is 14.3. The largest absolute Gasteiger partial charge is 0.316 e. The summed E-state index contributed by atoms with van der Waals surface area (Å²) < 4.78 is 0. The molecule has 2 aliphatic rings. The maximum atomic E-state index is 3.66. The maximum absolute atomic E-state index is 3.66. The summed E-state index contributed by atoms with van der Waals surface area (Å²) in [5.41, 5.74) is 0.600. The molecule has 20 heavy (non-hydrogen) atoms. The third kappa shape index (κ3) is 4.46. The molecule has 1 atom stereocenters. The molecule has 2 rings (SSSR count). The fourth-order valence-electron chi connectivity index (χ4n) is 4.42. The van der Waals surface area contributed by atoms with E-state index in [-0.39, 0.29) is 0 Å². The molecule has 0 aromatic carbocycles. The summed E-state index contributed by atoms with van der Waals surface area (Å²) >= 11 is 0. The van der Waals surface area contributed by atoms with Gasteiger partial charge in [-0.15, -0.1) is 0 Å². The molecule has 2 heterocycles. The van der Waals surface area contributed by atoms with Crippen molar-refractivity contribution < 1.29 is 0 Å². The second-order valence-corrected chi connectivity index (χ2v) is 8.27. The van der Waals surface area contributed by atoms with Crippen molar-refractivity contribution in [3.8, 4) is 0 Å². The van der Waals surface area contributed by atoms with Crippen LogP contribution in [0.15, 0.2) is 0 Å². The van der Waals surface area contributed by atoms with E-state index in [0.29, 0.717) is 5.41 Å². The van der Waals surface area contributed by atoms with Crippen molar-refractivity contribution in [2.75, 3.05) is 26.2 Å². The van der Waals surface area contributed by atoms with Crippen LogP contribution < -0.4 is 5.32 Å². The van der Waals surface area contributed by atoms with E-state index in [9.17, 15) is 0 Å². The molecule has 0 aromatic rings. The Balaban J connectivity index is 1.99. The minimum Gasteiger partial charge on any atom is -0.316 e. The summed E-state index contributed by atoms with van der Waals surface area (Å²) in [6, 6.07) is 0.814. The molecule has 2 fully saturated rings. The van der Waals surface area contributed by atoms with Gasteiger partial charge in [0.2, 0.25) is 0 Å². The Bertz CT molecular complexity index is 264. The van der Waals surface area contributed by atoms with Crippen LogP contribution in [0.3, 0.4) is 0 Å². The Morgan fingerprint density at radius 2 is 1.65 bits per heavy atom. The standard InChI is InChI=1S/C18H36N2/c1-15(2)11-17(12-16(3)4)20-10-6-8-18(14-20)7-5-9-19-13-18/h15-17,19H,5-14H2,1-4H3. The van der Waals surface area contributed by atoms with E-state index >= 15 is 0 Å². The second kappa shape index (κ2) is 7.26. The summed E-state index contributed by atoms with van der Waals surface area (Å²) in [5, 5.41) is 3.66. The summed E-state index contributed by atoms with van der Waals surface area (Å²) in [7, 11) is 0. The lowest BCUT2D eigenvalue weighted by Gasteiger charge is -2.48. The molecular formula is C18H36N2. The van der Waals surface area contributed by atoms with Crippen molar-refractivity contribution in [2.45, 2.75) is 72.3 Å². The van der Waals surface area contributed by atoms with Crippen molar-refractivity contribution in [1.29, 1.82) is 0 Å². The average Bonchev–Trinajstić information content (AvgIpc) is 2.38. The Morgan fingerprint density at radius 1 is 1.00 bits per heavy atom. The van der Waals surface area contributed by atoms with E-state index in [0.717, 1.165) is 17.9 Å². The Labute approximate surface area is 126 Å². The van der Waals surface area contributed by atoms with Gasteiger partial charge in [0.1, 0.15) is 0 Å². The van der Waals surface area contributed by atoms with E-state index in [1.54, 1.807) is 0 Å². The average molecular weight is 280 g/mol. The van der Waals surface area contributed by atoms with Crippen LogP contribution in [0.4, 0.5) is 0 Å². The predicted octanol–water partition coefficient (Wildman–Crippen LogP) is 3.91. The van der Waals surface area contributed by atoms with E-state index in [1.165, 1.54) is 64.7 Å². The van der Waals surface area contributed by atoms with Crippen LogP contribution in [-0.2, 0) is 0 Å². The topological polar surface area (TPSA) is 15.3 Å². The smallest absolute Gasteiger partial charge is 0.0100 e. The molecule has 2 aliphatic heterocycles. The van der Waals surface area contributed by atoms with Crippen molar-refractivity contribution in [3.63, 3.8) is 0 Å². The molecular weight excluding hydrogens is 244 g/mol. The SMILES string of the molecule is CC(C)CC(CC(C)C)N1CCCC2(CCCNC2)C1. The van der Waals surface area contributed by atoms with Gasteiger partial charge in [-0.3, -0.25) is 4.90 Å². The lowest BCUT2D eigenvalue weighted by Crippen LogP contribution is -2.54. The highest BCUT2D eigenvalue weighted by molar-refractivity contribution is 4.93.